The Kier molecular flexibility index (Phi) is 14.5. The molecule has 0 bridgehead atoms. The van der Waals surface area contributed by atoms with Crippen LogP contribution in [0, 0.1) is 0 Å². The van der Waals surface area contributed by atoms with E-state index in [4.69, 9.17) is 9.16 Å². The molecule has 0 aromatic heterocycles. The number of allylic oxidation sites excluding steroid dienone is 1. The summed E-state index contributed by atoms with van der Waals surface area (Å²) >= 11 is 0. The van der Waals surface area contributed by atoms with E-state index < -0.39 is 15.6 Å². The lowest BCUT2D eigenvalue weighted by molar-refractivity contribution is -0.0363. The predicted molar refractivity (Wildman–Crippen MR) is 176 cm³/mol. The summed E-state index contributed by atoms with van der Waals surface area (Å²) in [4.78, 5) is 0. The average molecular weight is 611 g/mol. The standard InChI is InChI=1S/C35H64O2PSi.ClH/c1-5-35(28-19-12-20-29-35)36-34(37-39(6-2,7-3)8-4)27-30-38(31-21-13-9-14-22-31,32-23-15-10-16-24-32)33-25-17-11-18-26-33;/h5,27,31-33H,1,6-26,28-30H2,2-4H3;1H/q+1;/p-1/b34-27-;. The second kappa shape index (κ2) is 16.8. The Morgan fingerprint density at radius 3 is 1.48 bits per heavy atom. The van der Waals surface area contributed by atoms with Gasteiger partial charge in [0.25, 0.3) is 14.3 Å². The molecule has 0 spiro atoms. The van der Waals surface area contributed by atoms with Crippen LogP contribution in [0.4, 0.5) is 0 Å². The van der Waals surface area contributed by atoms with E-state index in [2.05, 4.69) is 39.5 Å². The van der Waals surface area contributed by atoms with E-state index >= 15 is 0 Å². The van der Waals surface area contributed by atoms with Crippen LogP contribution in [0.2, 0.25) is 18.1 Å². The normalized spacial score (nSPS) is 24.2. The Morgan fingerprint density at radius 1 is 0.700 bits per heavy atom. The van der Waals surface area contributed by atoms with Gasteiger partial charge in [-0.15, -0.1) is 0 Å². The Hall–Kier alpha value is 0.0169. The second-order valence-corrected chi connectivity index (χ2v) is 23.1. The van der Waals surface area contributed by atoms with Crippen LogP contribution in [0.1, 0.15) is 149 Å². The number of rotatable bonds is 13. The first-order valence-corrected chi connectivity index (χ1v) is 22.4. The van der Waals surface area contributed by atoms with Gasteiger partial charge in [-0.2, -0.15) is 0 Å². The fourth-order valence-electron chi connectivity index (χ4n) is 9.24. The van der Waals surface area contributed by atoms with Gasteiger partial charge < -0.3 is 21.6 Å². The van der Waals surface area contributed by atoms with Crippen molar-refractivity contribution in [2.45, 2.75) is 190 Å². The highest BCUT2D eigenvalue weighted by molar-refractivity contribution is 7.78. The van der Waals surface area contributed by atoms with Gasteiger partial charge in [-0.1, -0.05) is 53.0 Å². The van der Waals surface area contributed by atoms with Gasteiger partial charge in [-0.25, -0.2) is 0 Å². The molecule has 4 aliphatic rings. The molecule has 5 heteroatoms. The van der Waals surface area contributed by atoms with Crippen molar-refractivity contribution in [3.05, 3.63) is 24.7 Å². The monoisotopic (exact) mass is 610 g/mol. The molecule has 0 amide bonds. The minimum absolute atomic E-state index is 0. The summed E-state index contributed by atoms with van der Waals surface area (Å²) in [5.74, 6) is 0.945. The largest absolute Gasteiger partial charge is 1.00 e. The molecule has 2 nitrogen and oxygen atoms in total. The fourth-order valence-corrected chi connectivity index (χ4v) is 18.9. The highest BCUT2D eigenvalue weighted by atomic mass is 35.5. The number of hydrogen-bond acceptors (Lipinski definition) is 2. The molecule has 0 saturated heterocycles. The minimum Gasteiger partial charge on any atom is -1.00 e. The van der Waals surface area contributed by atoms with E-state index in [-0.39, 0.29) is 18.0 Å². The molecular weight excluding hydrogens is 547 g/mol. The van der Waals surface area contributed by atoms with Gasteiger partial charge in [0.2, 0.25) is 0 Å². The van der Waals surface area contributed by atoms with Gasteiger partial charge in [0.15, 0.2) is 0 Å². The molecule has 0 radical (unpaired) electrons. The van der Waals surface area contributed by atoms with Crippen molar-refractivity contribution >= 4 is 15.6 Å². The van der Waals surface area contributed by atoms with Gasteiger partial charge in [-0.05, 0) is 127 Å². The Balaban J connectivity index is 0.00000441. The van der Waals surface area contributed by atoms with Crippen molar-refractivity contribution in [1.29, 1.82) is 0 Å². The molecule has 4 aliphatic carbocycles. The maximum atomic E-state index is 7.22. The van der Waals surface area contributed by atoms with Crippen molar-refractivity contribution < 1.29 is 21.6 Å². The number of hydrogen-bond donors (Lipinski definition) is 0. The zero-order valence-electron chi connectivity index (χ0n) is 26.7. The third-order valence-corrected chi connectivity index (χ3v) is 22.9. The third kappa shape index (κ3) is 8.14. The summed E-state index contributed by atoms with van der Waals surface area (Å²) in [5, 5.41) is 0. The third-order valence-electron chi connectivity index (χ3n) is 12.0. The Labute approximate surface area is 257 Å². The SMILES string of the molecule is C=CC1(O/C(=C/C[P+](C2CCCCC2)(C2CCCCC2)C2CCCCC2)O[Si](CC)(CC)CC)CCCCC1.[Cl-]. The first kappa shape index (κ1) is 34.5. The molecule has 40 heavy (non-hydrogen) atoms. The van der Waals surface area contributed by atoms with Gasteiger partial charge in [0, 0.05) is 13.3 Å². The van der Waals surface area contributed by atoms with E-state index in [1.165, 1.54) is 140 Å². The van der Waals surface area contributed by atoms with Crippen LogP contribution in [0.15, 0.2) is 24.7 Å². The van der Waals surface area contributed by atoms with Gasteiger partial charge >= 0.3 is 0 Å². The van der Waals surface area contributed by atoms with E-state index in [1.807, 2.05) is 0 Å². The van der Waals surface area contributed by atoms with Crippen LogP contribution in [0.3, 0.4) is 0 Å². The molecule has 0 N–H and O–H groups in total. The molecule has 4 fully saturated rings. The maximum absolute atomic E-state index is 7.22. The van der Waals surface area contributed by atoms with Gasteiger partial charge in [-0.3, -0.25) is 0 Å². The van der Waals surface area contributed by atoms with Crippen LogP contribution in [-0.2, 0) is 9.16 Å². The van der Waals surface area contributed by atoms with E-state index in [9.17, 15) is 0 Å². The Bertz CT molecular complexity index is 704. The minimum atomic E-state index is -1.84. The van der Waals surface area contributed by atoms with Gasteiger partial charge in [0.05, 0.1) is 23.1 Å². The van der Waals surface area contributed by atoms with Crippen LogP contribution in [0.25, 0.3) is 0 Å². The topological polar surface area (TPSA) is 18.5 Å². The highest BCUT2D eigenvalue weighted by Crippen LogP contribution is 2.77. The summed E-state index contributed by atoms with van der Waals surface area (Å²) in [6.07, 6.45) is 34.4. The molecule has 4 saturated carbocycles. The van der Waals surface area contributed by atoms with Crippen molar-refractivity contribution in [3.63, 3.8) is 0 Å². The smallest absolute Gasteiger partial charge is 0.265 e. The first-order chi connectivity index (χ1) is 19.1. The molecular formula is C35H64ClO2PSi. The molecule has 0 unspecified atom stereocenters. The van der Waals surface area contributed by atoms with Crippen molar-refractivity contribution in [1.82, 2.24) is 0 Å². The van der Waals surface area contributed by atoms with Crippen LogP contribution < -0.4 is 12.4 Å². The molecule has 0 aromatic rings. The molecule has 0 atom stereocenters. The van der Waals surface area contributed by atoms with Crippen LogP contribution in [0.5, 0.6) is 0 Å². The molecule has 0 aromatic carbocycles. The summed E-state index contributed by atoms with van der Waals surface area (Å²) < 4.78 is 14.3. The highest BCUT2D eigenvalue weighted by Gasteiger charge is 2.56. The van der Waals surface area contributed by atoms with Crippen LogP contribution in [-0.4, -0.2) is 37.1 Å². The van der Waals surface area contributed by atoms with Crippen molar-refractivity contribution in [2.24, 2.45) is 0 Å². The lowest BCUT2D eigenvalue weighted by Gasteiger charge is -2.48. The lowest BCUT2D eigenvalue weighted by Crippen LogP contribution is -3.00. The van der Waals surface area contributed by atoms with Gasteiger partial charge in [0.1, 0.15) is 5.60 Å². The van der Waals surface area contributed by atoms with Crippen molar-refractivity contribution in [3.8, 4) is 0 Å². The fraction of sp³-hybridized carbons (Fsp3) is 0.886. The molecule has 232 valence electrons. The molecule has 0 aliphatic heterocycles. The Morgan fingerprint density at radius 2 is 1.10 bits per heavy atom. The lowest BCUT2D eigenvalue weighted by atomic mass is 9.85. The average Bonchev–Trinajstić information content (AvgIpc) is 3.02. The first-order valence-electron chi connectivity index (χ1n) is 17.6. The van der Waals surface area contributed by atoms with E-state index in [0.717, 1.165) is 35.8 Å². The van der Waals surface area contributed by atoms with Crippen molar-refractivity contribution in [2.75, 3.05) is 6.16 Å². The zero-order valence-corrected chi connectivity index (χ0v) is 29.4. The predicted octanol–water partition coefficient (Wildman–Crippen LogP) is 8.77. The maximum Gasteiger partial charge on any atom is 0.265 e. The molecule has 4 rings (SSSR count). The second-order valence-electron chi connectivity index (χ2n) is 13.9. The quantitative estimate of drug-likeness (QED) is 0.0898. The number of halogens is 1. The summed E-state index contributed by atoms with van der Waals surface area (Å²) in [7, 11) is -3.04. The molecule has 0 heterocycles. The summed E-state index contributed by atoms with van der Waals surface area (Å²) in [6, 6.07) is 3.53. The van der Waals surface area contributed by atoms with E-state index in [0.29, 0.717) is 0 Å². The zero-order chi connectivity index (χ0) is 27.6. The van der Waals surface area contributed by atoms with Crippen LogP contribution >= 0.6 is 7.26 Å². The summed E-state index contributed by atoms with van der Waals surface area (Å²) in [6.45, 7) is 11.4. The summed E-state index contributed by atoms with van der Waals surface area (Å²) in [5.41, 5.74) is 2.79. The van der Waals surface area contributed by atoms with E-state index in [1.54, 1.807) is 0 Å². The number of ether oxygens (including phenoxy) is 1.